The van der Waals surface area contributed by atoms with Gasteiger partial charge in [0, 0.05) is 18.7 Å². The van der Waals surface area contributed by atoms with Crippen LogP contribution in [0.2, 0.25) is 0 Å². The fraction of sp³-hybridized carbons (Fsp3) is 0.375. The standard InChI is InChI=1S/C16H18FN3O3/c1-10-6-15(19-23-10)18-16(22)9-20-8-13(21)7-14(20)11-2-4-12(17)5-3-11/h2-6,13-14,21H,7-9H2,1H3,(H,18,19,22)/t13-,14+/m0/s1. The van der Waals surface area contributed by atoms with E-state index in [9.17, 15) is 14.3 Å². The Labute approximate surface area is 132 Å². The number of aliphatic hydroxyl groups is 1. The van der Waals surface area contributed by atoms with Crippen LogP contribution in [0.25, 0.3) is 0 Å². The summed E-state index contributed by atoms with van der Waals surface area (Å²) in [5.41, 5.74) is 0.882. The zero-order valence-electron chi connectivity index (χ0n) is 12.7. The third-order valence-corrected chi connectivity index (χ3v) is 3.88. The summed E-state index contributed by atoms with van der Waals surface area (Å²) in [5.74, 6) is 0.434. The number of nitrogens with one attached hydrogen (secondary N) is 1. The molecule has 0 aliphatic carbocycles. The van der Waals surface area contributed by atoms with E-state index >= 15 is 0 Å². The van der Waals surface area contributed by atoms with Gasteiger partial charge in [-0.2, -0.15) is 0 Å². The van der Waals surface area contributed by atoms with E-state index in [1.165, 1.54) is 12.1 Å². The maximum absolute atomic E-state index is 13.1. The summed E-state index contributed by atoms with van der Waals surface area (Å²) >= 11 is 0. The van der Waals surface area contributed by atoms with Gasteiger partial charge in [-0.05, 0) is 31.0 Å². The molecule has 0 spiro atoms. The largest absolute Gasteiger partial charge is 0.392 e. The molecule has 1 amide bonds. The number of anilines is 1. The number of hydrogen-bond acceptors (Lipinski definition) is 5. The highest BCUT2D eigenvalue weighted by molar-refractivity contribution is 5.91. The van der Waals surface area contributed by atoms with Crippen molar-refractivity contribution in [2.45, 2.75) is 25.5 Å². The SMILES string of the molecule is Cc1cc(NC(=O)CN2C[C@@H](O)C[C@@H]2c2ccc(F)cc2)no1. The van der Waals surface area contributed by atoms with Crippen molar-refractivity contribution in [2.75, 3.05) is 18.4 Å². The number of β-amino-alcohol motifs (C(OH)–C–C–N with tert-alkyl or cyclic N) is 1. The van der Waals surface area contributed by atoms with E-state index in [-0.39, 0.29) is 24.3 Å². The summed E-state index contributed by atoms with van der Waals surface area (Å²) in [6, 6.07) is 7.66. The maximum Gasteiger partial charge on any atom is 0.239 e. The molecule has 6 nitrogen and oxygen atoms in total. The molecule has 1 aliphatic rings. The highest BCUT2D eigenvalue weighted by atomic mass is 19.1. The van der Waals surface area contributed by atoms with Crippen LogP contribution in [0.1, 0.15) is 23.8 Å². The van der Waals surface area contributed by atoms with Crippen molar-refractivity contribution in [3.63, 3.8) is 0 Å². The summed E-state index contributed by atoms with van der Waals surface area (Å²) < 4.78 is 18.0. The molecule has 7 heteroatoms. The van der Waals surface area contributed by atoms with Gasteiger partial charge < -0.3 is 14.9 Å². The van der Waals surface area contributed by atoms with E-state index < -0.39 is 6.10 Å². The molecule has 2 atom stereocenters. The molecule has 1 saturated heterocycles. The van der Waals surface area contributed by atoms with Crippen LogP contribution in [0, 0.1) is 12.7 Å². The Bertz CT molecular complexity index is 686. The molecule has 0 unspecified atom stereocenters. The Balaban J connectivity index is 1.67. The number of carbonyl (C=O) groups excluding carboxylic acids is 1. The number of halogens is 1. The van der Waals surface area contributed by atoms with Gasteiger partial charge >= 0.3 is 0 Å². The maximum atomic E-state index is 13.1. The number of likely N-dealkylation sites (tertiary alicyclic amines) is 1. The fourth-order valence-electron chi connectivity index (χ4n) is 2.88. The third-order valence-electron chi connectivity index (χ3n) is 3.88. The smallest absolute Gasteiger partial charge is 0.239 e. The van der Waals surface area contributed by atoms with E-state index in [0.29, 0.717) is 24.5 Å². The van der Waals surface area contributed by atoms with Gasteiger partial charge in [0.1, 0.15) is 11.6 Å². The van der Waals surface area contributed by atoms with Gasteiger partial charge in [-0.1, -0.05) is 17.3 Å². The predicted octanol–water partition coefficient (Wildman–Crippen LogP) is 1.87. The lowest BCUT2D eigenvalue weighted by molar-refractivity contribution is -0.117. The molecule has 1 aromatic heterocycles. The minimum Gasteiger partial charge on any atom is -0.392 e. The molecule has 3 rings (SSSR count). The van der Waals surface area contributed by atoms with Crippen LogP contribution in [0.5, 0.6) is 0 Å². The normalized spacial score (nSPS) is 21.5. The van der Waals surface area contributed by atoms with Crippen molar-refractivity contribution in [1.82, 2.24) is 10.1 Å². The van der Waals surface area contributed by atoms with Crippen LogP contribution in [-0.4, -0.2) is 40.3 Å². The number of rotatable bonds is 4. The van der Waals surface area contributed by atoms with Gasteiger partial charge in [0.15, 0.2) is 5.82 Å². The molecule has 0 radical (unpaired) electrons. The summed E-state index contributed by atoms with van der Waals surface area (Å²) in [4.78, 5) is 14.0. The molecule has 2 heterocycles. The minimum absolute atomic E-state index is 0.115. The monoisotopic (exact) mass is 319 g/mol. The first-order valence-corrected chi connectivity index (χ1v) is 7.42. The summed E-state index contributed by atoms with van der Waals surface area (Å²) in [6.45, 7) is 2.25. The average Bonchev–Trinajstić information content (AvgIpc) is 3.06. The zero-order valence-corrected chi connectivity index (χ0v) is 12.7. The molecule has 2 aromatic rings. The van der Waals surface area contributed by atoms with Crippen LogP contribution in [0.3, 0.4) is 0 Å². The lowest BCUT2D eigenvalue weighted by Gasteiger charge is -2.23. The number of carbonyl (C=O) groups is 1. The Kier molecular flexibility index (Phi) is 4.40. The van der Waals surface area contributed by atoms with Crippen LogP contribution < -0.4 is 5.32 Å². The number of aliphatic hydroxyl groups excluding tert-OH is 1. The van der Waals surface area contributed by atoms with Crippen LogP contribution in [0.15, 0.2) is 34.9 Å². The Hall–Kier alpha value is -2.25. The fourth-order valence-corrected chi connectivity index (χ4v) is 2.88. The number of benzene rings is 1. The van der Waals surface area contributed by atoms with Crippen molar-refractivity contribution in [3.8, 4) is 0 Å². The van der Waals surface area contributed by atoms with Crippen LogP contribution in [0.4, 0.5) is 10.2 Å². The first kappa shape index (κ1) is 15.6. The van der Waals surface area contributed by atoms with Crippen molar-refractivity contribution in [1.29, 1.82) is 0 Å². The summed E-state index contributed by atoms with van der Waals surface area (Å²) in [5, 5.41) is 16.3. The first-order valence-electron chi connectivity index (χ1n) is 7.42. The highest BCUT2D eigenvalue weighted by Crippen LogP contribution is 2.31. The van der Waals surface area contributed by atoms with Gasteiger partial charge in [-0.25, -0.2) is 4.39 Å². The van der Waals surface area contributed by atoms with Crippen molar-refractivity contribution in [2.24, 2.45) is 0 Å². The molecule has 0 bridgehead atoms. The number of amides is 1. The number of hydrogen-bond donors (Lipinski definition) is 2. The molecule has 23 heavy (non-hydrogen) atoms. The van der Waals surface area contributed by atoms with Gasteiger partial charge in [-0.3, -0.25) is 9.69 Å². The highest BCUT2D eigenvalue weighted by Gasteiger charge is 2.33. The van der Waals surface area contributed by atoms with Gasteiger partial charge in [0.05, 0.1) is 12.6 Å². The van der Waals surface area contributed by atoms with E-state index in [4.69, 9.17) is 4.52 Å². The van der Waals surface area contributed by atoms with E-state index in [0.717, 1.165) is 5.56 Å². The predicted molar refractivity (Wildman–Crippen MR) is 81.2 cm³/mol. The Morgan fingerprint density at radius 3 is 2.87 bits per heavy atom. The average molecular weight is 319 g/mol. The quantitative estimate of drug-likeness (QED) is 0.899. The third kappa shape index (κ3) is 3.75. The van der Waals surface area contributed by atoms with Crippen molar-refractivity contribution >= 4 is 11.7 Å². The Morgan fingerprint density at radius 2 is 2.22 bits per heavy atom. The number of aromatic nitrogens is 1. The van der Waals surface area contributed by atoms with E-state index in [2.05, 4.69) is 10.5 Å². The van der Waals surface area contributed by atoms with Gasteiger partial charge in [0.2, 0.25) is 5.91 Å². The van der Waals surface area contributed by atoms with E-state index in [1.807, 2.05) is 4.90 Å². The van der Waals surface area contributed by atoms with Crippen molar-refractivity contribution in [3.05, 3.63) is 47.5 Å². The van der Waals surface area contributed by atoms with Gasteiger partial charge in [0.25, 0.3) is 0 Å². The molecule has 1 aliphatic heterocycles. The molecule has 0 saturated carbocycles. The molecular formula is C16H18FN3O3. The second kappa shape index (κ2) is 6.47. The Morgan fingerprint density at radius 1 is 1.48 bits per heavy atom. The summed E-state index contributed by atoms with van der Waals surface area (Å²) in [6.07, 6.45) is 0.00858. The second-order valence-electron chi connectivity index (χ2n) is 5.76. The summed E-state index contributed by atoms with van der Waals surface area (Å²) in [7, 11) is 0. The molecule has 1 aromatic carbocycles. The van der Waals surface area contributed by atoms with Crippen LogP contribution >= 0.6 is 0 Å². The lowest BCUT2D eigenvalue weighted by atomic mass is 10.0. The second-order valence-corrected chi connectivity index (χ2v) is 5.76. The van der Waals surface area contributed by atoms with E-state index in [1.54, 1.807) is 25.1 Å². The molecular weight excluding hydrogens is 301 g/mol. The molecule has 1 fully saturated rings. The van der Waals surface area contributed by atoms with Crippen LogP contribution in [-0.2, 0) is 4.79 Å². The lowest BCUT2D eigenvalue weighted by Crippen LogP contribution is -2.33. The number of nitrogens with zero attached hydrogens (tertiary/aromatic N) is 2. The van der Waals surface area contributed by atoms with Gasteiger partial charge in [-0.15, -0.1) is 0 Å². The minimum atomic E-state index is -0.507. The van der Waals surface area contributed by atoms with Crippen molar-refractivity contribution < 1.29 is 18.8 Å². The topological polar surface area (TPSA) is 78.6 Å². The zero-order chi connectivity index (χ0) is 16.4. The number of aryl methyl sites for hydroxylation is 1. The molecule has 122 valence electrons. The first-order chi connectivity index (χ1) is 11.0. The molecule has 2 N–H and O–H groups in total.